The number of aryl methyl sites for hydroxylation is 1. The Bertz CT molecular complexity index is 1290. The zero-order chi connectivity index (χ0) is 20.4. The van der Waals surface area contributed by atoms with Crippen molar-refractivity contribution in [3.63, 3.8) is 0 Å². The van der Waals surface area contributed by atoms with Gasteiger partial charge in [0, 0.05) is 6.07 Å². The summed E-state index contributed by atoms with van der Waals surface area (Å²) >= 11 is 0. The van der Waals surface area contributed by atoms with Crippen molar-refractivity contribution in [2.45, 2.75) is 25.0 Å². The second-order valence-electron chi connectivity index (χ2n) is 6.65. The van der Waals surface area contributed by atoms with Gasteiger partial charge in [-0.25, -0.2) is 26.4 Å². The quantitative estimate of drug-likeness (QED) is 0.661. The first-order valence-corrected chi connectivity index (χ1v) is 9.89. The maximum atomic E-state index is 14.7. The van der Waals surface area contributed by atoms with Crippen LogP contribution in [0.15, 0.2) is 29.1 Å². The van der Waals surface area contributed by atoms with Gasteiger partial charge in [0.1, 0.15) is 22.6 Å². The van der Waals surface area contributed by atoms with Gasteiger partial charge in [-0.1, -0.05) is 6.07 Å². The Hall–Kier alpha value is -2.75. The summed E-state index contributed by atoms with van der Waals surface area (Å²) < 4.78 is 75.1. The van der Waals surface area contributed by atoms with Gasteiger partial charge in [-0.2, -0.15) is 3.97 Å². The van der Waals surface area contributed by atoms with E-state index in [1.54, 1.807) is 6.92 Å². The molecular weight excluding hydrogens is 397 g/mol. The molecule has 1 saturated carbocycles. The molecule has 6 nitrogen and oxygen atoms in total. The maximum absolute atomic E-state index is 14.7. The zero-order valence-corrected chi connectivity index (χ0v) is 15.7. The fraction of sp³-hybridized carbons (Fsp3) is 0.278. The Morgan fingerprint density at radius 1 is 1.07 bits per heavy atom. The minimum Gasteiger partial charge on any atom is -0.494 e. The summed E-state index contributed by atoms with van der Waals surface area (Å²) in [6.07, 6.45) is 0.679. The van der Waals surface area contributed by atoms with E-state index in [4.69, 9.17) is 4.74 Å². The highest BCUT2D eigenvalue weighted by Crippen LogP contribution is 2.36. The van der Waals surface area contributed by atoms with Crippen molar-refractivity contribution in [2.75, 3.05) is 7.11 Å². The Morgan fingerprint density at radius 3 is 2.32 bits per heavy atom. The van der Waals surface area contributed by atoms with Gasteiger partial charge in [0.05, 0.1) is 18.0 Å². The Morgan fingerprint density at radius 2 is 1.75 bits per heavy atom. The minimum atomic E-state index is -4.20. The molecule has 0 radical (unpaired) electrons. The number of ether oxygens (including phenoxy) is 1. The molecule has 1 aliphatic carbocycles. The number of imidazole rings is 1. The van der Waals surface area contributed by atoms with Crippen LogP contribution < -0.4 is 10.4 Å². The van der Waals surface area contributed by atoms with Crippen molar-refractivity contribution in [1.29, 1.82) is 0 Å². The Balaban J connectivity index is 2.25. The van der Waals surface area contributed by atoms with Gasteiger partial charge < -0.3 is 4.74 Å². The maximum Gasteiger partial charge on any atom is 0.348 e. The molecule has 1 aromatic heterocycles. The molecule has 2 aromatic carbocycles. The van der Waals surface area contributed by atoms with E-state index in [-0.39, 0.29) is 5.75 Å². The van der Waals surface area contributed by atoms with E-state index in [1.165, 1.54) is 12.1 Å². The first-order chi connectivity index (χ1) is 13.2. The number of fused-ring (bicyclic) bond motifs is 1. The van der Waals surface area contributed by atoms with Crippen molar-refractivity contribution < 1.29 is 26.3 Å². The standard InChI is InChI=1S/C18H15F3N2O4S/c1-9-3-6-13(11(19)7-9)22-17-15(21)12(20)8-14(27-2)16(17)23(18(22)24)28(25,26)10-4-5-10/h3,6-8,10H,4-5H2,1-2H3. The average molecular weight is 412 g/mol. The molecule has 0 saturated heterocycles. The molecule has 0 spiro atoms. The lowest BCUT2D eigenvalue weighted by Crippen LogP contribution is -2.31. The summed E-state index contributed by atoms with van der Waals surface area (Å²) in [5, 5.41) is -0.815. The van der Waals surface area contributed by atoms with Crippen LogP contribution in [0.2, 0.25) is 0 Å². The van der Waals surface area contributed by atoms with E-state index in [1.807, 2.05) is 0 Å². The number of benzene rings is 2. The van der Waals surface area contributed by atoms with Crippen LogP contribution in [-0.2, 0) is 10.0 Å². The van der Waals surface area contributed by atoms with E-state index in [0.29, 0.717) is 33.0 Å². The monoisotopic (exact) mass is 412 g/mol. The first kappa shape index (κ1) is 18.6. The van der Waals surface area contributed by atoms with Gasteiger partial charge >= 0.3 is 5.69 Å². The molecule has 0 unspecified atom stereocenters. The van der Waals surface area contributed by atoms with Gasteiger partial charge in [-0.15, -0.1) is 0 Å². The molecule has 0 amide bonds. The van der Waals surface area contributed by atoms with E-state index in [9.17, 15) is 26.4 Å². The molecule has 1 heterocycles. The van der Waals surface area contributed by atoms with Crippen LogP contribution in [-0.4, -0.2) is 29.3 Å². The van der Waals surface area contributed by atoms with E-state index in [0.717, 1.165) is 13.2 Å². The molecule has 148 valence electrons. The van der Waals surface area contributed by atoms with Crippen molar-refractivity contribution in [1.82, 2.24) is 8.54 Å². The third-order valence-electron chi connectivity index (χ3n) is 4.69. The summed E-state index contributed by atoms with van der Waals surface area (Å²) in [7, 11) is -3.07. The smallest absolute Gasteiger partial charge is 0.348 e. The molecular formula is C18H15F3N2O4S. The van der Waals surface area contributed by atoms with Crippen LogP contribution >= 0.6 is 0 Å². The number of rotatable bonds is 4. The molecule has 3 aromatic rings. The highest BCUT2D eigenvalue weighted by atomic mass is 32.2. The summed E-state index contributed by atoms with van der Waals surface area (Å²) in [4.78, 5) is 13.1. The van der Waals surface area contributed by atoms with Gasteiger partial charge in [0.2, 0.25) is 10.0 Å². The highest BCUT2D eigenvalue weighted by Gasteiger charge is 2.41. The summed E-state index contributed by atoms with van der Waals surface area (Å²) in [5.74, 6) is -4.06. The first-order valence-electron chi connectivity index (χ1n) is 8.38. The van der Waals surface area contributed by atoms with Crippen molar-refractivity contribution >= 4 is 21.1 Å². The Labute approximate surface area is 157 Å². The number of halogens is 3. The van der Waals surface area contributed by atoms with Crippen LogP contribution in [0.4, 0.5) is 13.2 Å². The van der Waals surface area contributed by atoms with Crippen molar-refractivity contribution in [2.24, 2.45) is 0 Å². The lowest BCUT2D eigenvalue weighted by Gasteiger charge is -2.09. The third kappa shape index (κ3) is 2.55. The summed E-state index contributed by atoms with van der Waals surface area (Å²) in [6.45, 7) is 1.61. The normalized spacial score (nSPS) is 14.6. The summed E-state index contributed by atoms with van der Waals surface area (Å²) in [5.41, 5.74) is -2.23. The predicted molar refractivity (Wildman–Crippen MR) is 96.0 cm³/mol. The van der Waals surface area contributed by atoms with Crippen LogP contribution in [0.1, 0.15) is 18.4 Å². The van der Waals surface area contributed by atoms with E-state index < -0.39 is 55.1 Å². The molecule has 0 aliphatic heterocycles. The molecule has 0 N–H and O–H groups in total. The number of hydrogen-bond donors (Lipinski definition) is 0. The van der Waals surface area contributed by atoms with Crippen LogP contribution in [0.5, 0.6) is 5.75 Å². The van der Waals surface area contributed by atoms with Gasteiger partial charge in [-0.3, -0.25) is 4.57 Å². The zero-order valence-electron chi connectivity index (χ0n) is 14.9. The molecule has 28 heavy (non-hydrogen) atoms. The molecule has 1 fully saturated rings. The van der Waals surface area contributed by atoms with Crippen molar-refractivity contribution in [3.05, 3.63) is 57.8 Å². The number of nitrogens with zero attached hydrogens (tertiary/aromatic N) is 2. The molecule has 1 aliphatic rings. The average Bonchev–Trinajstić information content (AvgIpc) is 3.43. The van der Waals surface area contributed by atoms with E-state index in [2.05, 4.69) is 0 Å². The van der Waals surface area contributed by atoms with E-state index >= 15 is 0 Å². The number of methoxy groups -OCH3 is 1. The lowest BCUT2D eigenvalue weighted by atomic mass is 10.2. The van der Waals surface area contributed by atoms with Crippen LogP contribution in [0.3, 0.4) is 0 Å². The fourth-order valence-corrected chi connectivity index (χ4v) is 4.95. The summed E-state index contributed by atoms with van der Waals surface area (Å²) in [6, 6.07) is 4.44. The fourth-order valence-electron chi connectivity index (χ4n) is 3.19. The lowest BCUT2D eigenvalue weighted by molar-refractivity contribution is 0.411. The molecule has 4 rings (SSSR count). The number of hydrogen-bond acceptors (Lipinski definition) is 4. The highest BCUT2D eigenvalue weighted by molar-refractivity contribution is 7.91. The molecule has 0 atom stereocenters. The van der Waals surface area contributed by atoms with Crippen molar-refractivity contribution in [3.8, 4) is 11.4 Å². The molecule has 0 bridgehead atoms. The second kappa shape index (κ2) is 6.13. The number of aromatic nitrogens is 2. The Kier molecular flexibility index (Phi) is 4.07. The van der Waals surface area contributed by atoms with Gasteiger partial charge in [0.15, 0.2) is 11.6 Å². The SMILES string of the molecule is COc1cc(F)c(F)c2c1n(S(=O)(=O)C1CC1)c(=O)n2-c1ccc(C)cc1F. The van der Waals surface area contributed by atoms with Crippen LogP contribution in [0, 0.1) is 24.4 Å². The largest absolute Gasteiger partial charge is 0.494 e. The topological polar surface area (TPSA) is 70.3 Å². The second-order valence-corrected chi connectivity index (χ2v) is 8.72. The van der Waals surface area contributed by atoms with Gasteiger partial charge in [-0.05, 0) is 37.5 Å². The molecule has 10 heteroatoms. The predicted octanol–water partition coefficient (Wildman–Crippen LogP) is 2.87. The van der Waals surface area contributed by atoms with Crippen LogP contribution in [0.25, 0.3) is 16.7 Å². The minimum absolute atomic E-state index is 0.340. The third-order valence-corrected chi connectivity index (χ3v) is 6.85. The van der Waals surface area contributed by atoms with Gasteiger partial charge in [0.25, 0.3) is 0 Å².